The Bertz CT molecular complexity index is 596. The summed E-state index contributed by atoms with van der Waals surface area (Å²) in [5, 5.41) is 7.02. The number of nitrogens with one attached hydrogen (secondary N) is 2. The van der Waals surface area contributed by atoms with Gasteiger partial charge in [-0.1, -0.05) is 35.9 Å². The van der Waals surface area contributed by atoms with E-state index in [9.17, 15) is 0 Å². The molecule has 3 nitrogen and oxygen atoms in total. The van der Waals surface area contributed by atoms with Gasteiger partial charge in [0.25, 0.3) is 0 Å². The van der Waals surface area contributed by atoms with Crippen molar-refractivity contribution >= 4 is 23.0 Å². The van der Waals surface area contributed by atoms with Gasteiger partial charge in [-0.2, -0.15) is 0 Å². The Kier molecular flexibility index (Phi) is 5.58. The summed E-state index contributed by atoms with van der Waals surface area (Å²) >= 11 is 5.29. The summed E-state index contributed by atoms with van der Waals surface area (Å²) in [6.45, 7) is 2.83. The Balaban J connectivity index is 1.80. The molecule has 0 aliphatic carbocycles. The minimum absolute atomic E-state index is 0.633. The van der Waals surface area contributed by atoms with E-state index in [1.807, 2.05) is 30.3 Å². The van der Waals surface area contributed by atoms with Gasteiger partial charge in [0.1, 0.15) is 5.75 Å². The average molecular weight is 300 g/mol. The molecule has 0 aliphatic rings. The molecule has 0 heterocycles. The Morgan fingerprint density at radius 2 is 1.81 bits per heavy atom. The number of hydrogen-bond acceptors (Lipinski definition) is 2. The molecule has 0 amide bonds. The first-order valence-electron chi connectivity index (χ1n) is 6.92. The van der Waals surface area contributed by atoms with E-state index in [2.05, 4.69) is 35.8 Å². The lowest BCUT2D eigenvalue weighted by molar-refractivity contribution is 0.409. The van der Waals surface area contributed by atoms with Crippen LogP contribution in [0.3, 0.4) is 0 Å². The standard InChI is InChI=1S/C17H20N2OS/c1-13-7-9-15(10-8-13)19-17(21)18-12-11-14-5-3-4-6-16(14)20-2/h3-10H,11-12H2,1-2H3,(H2,18,19,21). The quantitative estimate of drug-likeness (QED) is 0.828. The predicted octanol–water partition coefficient (Wildman–Crippen LogP) is 3.53. The number of thiocarbonyl (C=S) groups is 1. The number of rotatable bonds is 5. The molecule has 0 aromatic heterocycles. The SMILES string of the molecule is COc1ccccc1CCNC(=S)Nc1ccc(C)cc1. The van der Waals surface area contributed by atoms with Gasteiger partial charge < -0.3 is 15.4 Å². The maximum atomic E-state index is 5.33. The molecule has 2 N–H and O–H groups in total. The number of para-hydroxylation sites is 1. The molecule has 21 heavy (non-hydrogen) atoms. The molecule has 0 atom stereocenters. The van der Waals surface area contributed by atoms with Crippen molar-refractivity contribution in [2.45, 2.75) is 13.3 Å². The van der Waals surface area contributed by atoms with Gasteiger partial charge in [-0.05, 0) is 49.3 Å². The van der Waals surface area contributed by atoms with E-state index in [4.69, 9.17) is 17.0 Å². The van der Waals surface area contributed by atoms with Gasteiger partial charge >= 0.3 is 0 Å². The third-order valence-corrected chi connectivity index (χ3v) is 3.43. The molecule has 0 radical (unpaired) electrons. The van der Waals surface area contributed by atoms with Crippen molar-refractivity contribution in [2.24, 2.45) is 0 Å². The van der Waals surface area contributed by atoms with Gasteiger partial charge in [0, 0.05) is 12.2 Å². The van der Waals surface area contributed by atoms with Crippen molar-refractivity contribution < 1.29 is 4.74 Å². The molecule has 4 heteroatoms. The first-order chi connectivity index (χ1) is 10.2. The van der Waals surface area contributed by atoms with Crippen LogP contribution in [0.5, 0.6) is 5.75 Å². The summed E-state index contributed by atoms with van der Waals surface area (Å²) in [5.74, 6) is 0.914. The van der Waals surface area contributed by atoms with E-state index in [-0.39, 0.29) is 0 Å². The molecular formula is C17H20N2OS. The van der Waals surface area contributed by atoms with Crippen molar-refractivity contribution in [1.29, 1.82) is 0 Å². The molecule has 0 fully saturated rings. The molecule has 110 valence electrons. The highest BCUT2D eigenvalue weighted by atomic mass is 32.1. The topological polar surface area (TPSA) is 33.3 Å². The molecule has 0 aliphatic heterocycles. The van der Waals surface area contributed by atoms with Crippen molar-refractivity contribution in [2.75, 3.05) is 19.0 Å². The lowest BCUT2D eigenvalue weighted by Crippen LogP contribution is -2.30. The second-order valence-corrected chi connectivity index (χ2v) is 5.22. The van der Waals surface area contributed by atoms with Gasteiger partial charge in [-0.25, -0.2) is 0 Å². The fourth-order valence-electron chi connectivity index (χ4n) is 2.03. The predicted molar refractivity (Wildman–Crippen MR) is 92.1 cm³/mol. The number of hydrogen-bond donors (Lipinski definition) is 2. The third-order valence-electron chi connectivity index (χ3n) is 3.18. The number of benzene rings is 2. The van der Waals surface area contributed by atoms with Crippen LogP contribution in [0.25, 0.3) is 0 Å². The van der Waals surface area contributed by atoms with Crippen molar-refractivity contribution in [3.8, 4) is 5.75 Å². The molecule has 0 bridgehead atoms. The van der Waals surface area contributed by atoms with E-state index in [1.165, 1.54) is 11.1 Å². The van der Waals surface area contributed by atoms with Gasteiger partial charge in [0.15, 0.2) is 5.11 Å². The highest BCUT2D eigenvalue weighted by Gasteiger charge is 2.02. The van der Waals surface area contributed by atoms with Gasteiger partial charge in [-0.15, -0.1) is 0 Å². The second kappa shape index (κ2) is 7.64. The first kappa shape index (κ1) is 15.3. The molecule has 0 saturated carbocycles. The summed E-state index contributed by atoms with van der Waals surface area (Å²) in [4.78, 5) is 0. The number of anilines is 1. The molecule has 0 unspecified atom stereocenters. The first-order valence-corrected chi connectivity index (χ1v) is 7.33. The summed E-state index contributed by atoms with van der Waals surface area (Å²) < 4.78 is 5.33. The van der Waals surface area contributed by atoms with Crippen LogP contribution in [-0.2, 0) is 6.42 Å². The average Bonchev–Trinajstić information content (AvgIpc) is 2.50. The molecule has 0 spiro atoms. The second-order valence-electron chi connectivity index (χ2n) is 4.81. The Morgan fingerprint density at radius 1 is 1.10 bits per heavy atom. The highest BCUT2D eigenvalue weighted by molar-refractivity contribution is 7.80. The van der Waals surface area contributed by atoms with Crippen molar-refractivity contribution in [3.63, 3.8) is 0 Å². The molecule has 2 aromatic carbocycles. The fourth-order valence-corrected chi connectivity index (χ4v) is 2.25. The minimum Gasteiger partial charge on any atom is -0.496 e. The molecule has 2 aromatic rings. The van der Waals surface area contributed by atoms with Crippen LogP contribution in [0.4, 0.5) is 5.69 Å². The number of methoxy groups -OCH3 is 1. The van der Waals surface area contributed by atoms with Crippen LogP contribution in [0.2, 0.25) is 0 Å². The van der Waals surface area contributed by atoms with Gasteiger partial charge in [0.05, 0.1) is 7.11 Å². The van der Waals surface area contributed by atoms with Gasteiger partial charge in [-0.3, -0.25) is 0 Å². The maximum absolute atomic E-state index is 5.33. The number of ether oxygens (including phenoxy) is 1. The number of aryl methyl sites for hydroxylation is 1. The summed E-state index contributed by atoms with van der Waals surface area (Å²) in [6, 6.07) is 16.2. The van der Waals surface area contributed by atoms with Crippen molar-refractivity contribution in [1.82, 2.24) is 5.32 Å². The Hall–Kier alpha value is -2.07. The smallest absolute Gasteiger partial charge is 0.170 e. The minimum atomic E-state index is 0.633. The maximum Gasteiger partial charge on any atom is 0.170 e. The lowest BCUT2D eigenvalue weighted by Gasteiger charge is -2.12. The zero-order chi connectivity index (χ0) is 15.1. The van der Waals surface area contributed by atoms with Crippen LogP contribution >= 0.6 is 12.2 Å². The van der Waals surface area contributed by atoms with E-state index < -0.39 is 0 Å². The molecular weight excluding hydrogens is 280 g/mol. The lowest BCUT2D eigenvalue weighted by atomic mass is 10.1. The van der Waals surface area contributed by atoms with Gasteiger partial charge in [0.2, 0.25) is 0 Å². The van der Waals surface area contributed by atoms with Crippen LogP contribution in [0.1, 0.15) is 11.1 Å². The van der Waals surface area contributed by atoms with E-state index in [0.29, 0.717) is 5.11 Å². The zero-order valence-electron chi connectivity index (χ0n) is 12.3. The fraction of sp³-hybridized carbons (Fsp3) is 0.235. The van der Waals surface area contributed by atoms with Crippen LogP contribution in [-0.4, -0.2) is 18.8 Å². The largest absolute Gasteiger partial charge is 0.496 e. The molecule has 0 saturated heterocycles. The monoisotopic (exact) mass is 300 g/mol. The summed E-state index contributed by atoms with van der Waals surface area (Å²) in [7, 11) is 1.69. The van der Waals surface area contributed by atoms with E-state index in [0.717, 1.165) is 24.4 Å². The van der Waals surface area contributed by atoms with Crippen molar-refractivity contribution in [3.05, 3.63) is 59.7 Å². The normalized spacial score (nSPS) is 10.0. The molecule has 2 rings (SSSR count). The Labute approximate surface area is 131 Å². The van der Waals surface area contributed by atoms with E-state index in [1.54, 1.807) is 7.11 Å². The van der Waals surface area contributed by atoms with Crippen LogP contribution < -0.4 is 15.4 Å². The van der Waals surface area contributed by atoms with Crippen LogP contribution in [0, 0.1) is 6.92 Å². The summed E-state index contributed by atoms with van der Waals surface area (Å²) in [5.41, 5.74) is 3.40. The Morgan fingerprint density at radius 3 is 2.52 bits per heavy atom. The highest BCUT2D eigenvalue weighted by Crippen LogP contribution is 2.17. The van der Waals surface area contributed by atoms with Crippen LogP contribution in [0.15, 0.2) is 48.5 Å². The zero-order valence-corrected chi connectivity index (χ0v) is 13.2. The third kappa shape index (κ3) is 4.76. The summed E-state index contributed by atoms with van der Waals surface area (Å²) in [6.07, 6.45) is 0.861. The van der Waals surface area contributed by atoms with E-state index >= 15 is 0 Å².